The number of hydrogen-bond donors (Lipinski definition) is 1. The van der Waals surface area contributed by atoms with Crippen LogP contribution in [0.5, 0.6) is 23.0 Å². The molecule has 0 saturated heterocycles. The van der Waals surface area contributed by atoms with Crippen molar-refractivity contribution in [1.82, 2.24) is 15.0 Å². The van der Waals surface area contributed by atoms with E-state index >= 15 is 0 Å². The second-order valence-corrected chi connectivity index (χ2v) is 9.57. The second-order valence-electron chi connectivity index (χ2n) is 9.57. The molecule has 5 aromatic rings. The smallest absolute Gasteiger partial charge is 0.357 e. The van der Waals surface area contributed by atoms with E-state index in [1.165, 1.54) is 28.4 Å². The summed E-state index contributed by atoms with van der Waals surface area (Å²) in [5.74, 6) is 1.82. The van der Waals surface area contributed by atoms with Crippen LogP contribution in [-0.4, -0.2) is 49.4 Å². The molecule has 2 aromatic carbocycles. The third kappa shape index (κ3) is 6.28. The van der Waals surface area contributed by atoms with Gasteiger partial charge in [0, 0.05) is 35.6 Å². The highest BCUT2D eigenvalue weighted by Crippen LogP contribution is 2.44. The lowest BCUT2D eigenvalue weighted by atomic mass is 9.95. The quantitative estimate of drug-likeness (QED) is 0.187. The van der Waals surface area contributed by atoms with Gasteiger partial charge in [-0.1, -0.05) is 6.07 Å². The van der Waals surface area contributed by atoms with Gasteiger partial charge in [-0.25, -0.2) is 9.78 Å². The highest BCUT2D eigenvalue weighted by Gasteiger charge is 2.24. The van der Waals surface area contributed by atoms with E-state index in [2.05, 4.69) is 15.3 Å². The van der Waals surface area contributed by atoms with Crippen LogP contribution in [0.25, 0.3) is 21.9 Å². The predicted octanol–water partition coefficient (Wildman–Crippen LogP) is 6.00. The van der Waals surface area contributed by atoms with Crippen molar-refractivity contribution in [2.24, 2.45) is 0 Å². The molecule has 0 atom stereocenters. The first-order chi connectivity index (χ1) is 20.9. The van der Waals surface area contributed by atoms with Crippen molar-refractivity contribution in [2.75, 3.05) is 33.8 Å². The molecular formula is C33H32N4O6. The number of aromatic nitrogens is 3. The van der Waals surface area contributed by atoms with Crippen LogP contribution in [0.2, 0.25) is 0 Å². The molecule has 3 heterocycles. The van der Waals surface area contributed by atoms with Crippen molar-refractivity contribution in [3.8, 4) is 34.1 Å². The van der Waals surface area contributed by atoms with Crippen LogP contribution >= 0.6 is 0 Å². The van der Waals surface area contributed by atoms with Crippen LogP contribution in [0.15, 0.2) is 73.1 Å². The van der Waals surface area contributed by atoms with Crippen molar-refractivity contribution in [1.29, 1.82) is 0 Å². The number of nitrogens with zero attached hydrogens (tertiary/aromatic N) is 3. The number of carbonyl (C=O) groups excluding carboxylic acids is 1. The Labute approximate surface area is 249 Å². The largest absolute Gasteiger partial charge is 0.493 e. The summed E-state index contributed by atoms with van der Waals surface area (Å²) in [5.41, 5.74) is 4.01. The van der Waals surface area contributed by atoms with Gasteiger partial charge in [-0.3, -0.25) is 9.97 Å². The van der Waals surface area contributed by atoms with Gasteiger partial charge >= 0.3 is 5.97 Å². The average Bonchev–Trinajstić information content (AvgIpc) is 3.05. The molecule has 43 heavy (non-hydrogen) atoms. The second kappa shape index (κ2) is 13.1. The minimum Gasteiger partial charge on any atom is -0.493 e. The van der Waals surface area contributed by atoms with Crippen LogP contribution in [-0.2, 0) is 17.9 Å². The fraction of sp³-hybridized carbons (Fsp3) is 0.212. The van der Waals surface area contributed by atoms with Crippen molar-refractivity contribution < 1.29 is 28.5 Å². The molecule has 0 aliphatic carbocycles. The summed E-state index contributed by atoms with van der Waals surface area (Å²) in [6.07, 6.45) is 3.48. The van der Waals surface area contributed by atoms with E-state index < -0.39 is 5.97 Å². The maximum atomic E-state index is 13.2. The predicted molar refractivity (Wildman–Crippen MR) is 163 cm³/mol. The molecule has 1 N–H and O–H groups in total. The Morgan fingerprint density at radius 3 is 2.28 bits per heavy atom. The minimum absolute atomic E-state index is 0.125. The Morgan fingerprint density at radius 2 is 1.63 bits per heavy atom. The number of anilines is 1. The third-order valence-electron chi connectivity index (χ3n) is 6.84. The van der Waals surface area contributed by atoms with Crippen molar-refractivity contribution >= 4 is 22.6 Å². The first kappa shape index (κ1) is 29.1. The van der Waals surface area contributed by atoms with Crippen molar-refractivity contribution in [3.63, 3.8) is 0 Å². The first-order valence-electron chi connectivity index (χ1n) is 13.5. The van der Waals surface area contributed by atoms with Gasteiger partial charge in [0.1, 0.15) is 18.2 Å². The molecule has 10 nitrogen and oxygen atoms in total. The van der Waals surface area contributed by atoms with E-state index in [1.807, 2.05) is 55.5 Å². The van der Waals surface area contributed by atoms with Gasteiger partial charge < -0.3 is 29.0 Å². The number of aryl methyl sites for hydroxylation is 1. The average molecular weight is 581 g/mol. The molecule has 0 aliphatic rings. The maximum Gasteiger partial charge on any atom is 0.357 e. The van der Waals surface area contributed by atoms with Gasteiger partial charge in [-0.2, -0.15) is 0 Å². The third-order valence-corrected chi connectivity index (χ3v) is 6.84. The molecule has 220 valence electrons. The standard InChI is InChI=1S/C33H32N4O6/c1-20-14-21(11-13-34-20)18-36-32-26-17-24(43-19-23-8-6-7-12-35-23)9-10-25(26)29(30(37-32)33(38)42-5)22-15-27(39-2)31(41-4)28(16-22)40-3/h6-17H,18-19H2,1-5H3,(H,36,37). The molecule has 0 spiro atoms. The van der Waals surface area contributed by atoms with E-state index in [9.17, 15) is 4.79 Å². The van der Waals surface area contributed by atoms with Crippen LogP contribution in [0.1, 0.15) is 27.4 Å². The lowest BCUT2D eigenvalue weighted by Gasteiger charge is -2.19. The lowest BCUT2D eigenvalue weighted by Crippen LogP contribution is -2.11. The van der Waals surface area contributed by atoms with Gasteiger partial charge in [0.2, 0.25) is 5.75 Å². The number of hydrogen-bond acceptors (Lipinski definition) is 10. The lowest BCUT2D eigenvalue weighted by molar-refractivity contribution is 0.0595. The number of ether oxygens (including phenoxy) is 5. The number of methoxy groups -OCH3 is 4. The topological polar surface area (TPSA) is 114 Å². The Hall–Kier alpha value is -5.38. The van der Waals surface area contributed by atoms with E-state index in [0.717, 1.165) is 27.7 Å². The van der Waals surface area contributed by atoms with Gasteiger partial charge in [-0.05, 0) is 78.0 Å². The zero-order valence-corrected chi connectivity index (χ0v) is 24.6. The summed E-state index contributed by atoms with van der Waals surface area (Å²) in [7, 11) is 5.94. The van der Waals surface area contributed by atoms with Gasteiger partial charge in [0.25, 0.3) is 0 Å². The molecular weight excluding hydrogens is 548 g/mol. The molecule has 0 unspecified atom stereocenters. The summed E-state index contributed by atoms with van der Waals surface area (Å²) in [6, 6.07) is 18.8. The molecule has 0 fully saturated rings. The normalized spacial score (nSPS) is 10.7. The summed E-state index contributed by atoms with van der Waals surface area (Å²) < 4.78 is 28.0. The Kier molecular flexibility index (Phi) is 8.85. The molecule has 0 aliphatic heterocycles. The van der Waals surface area contributed by atoms with Gasteiger partial charge in [0.15, 0.2) is 17.2 Å². The van der Waals surface area contributed by atoms with Crippen LogP contribution in [0.3, 0.4) is 0 Å². The summed E-state index contributed by atoms with van der Waals surface area (Å²) in [4.78, 5) is 26.7. The highest BCUT2D eigenvalue weighted by molar-refractivity contribution is 6.10. The molecule has 0 radical (unpaired) electrons. The highest BCUT2D eigenvalue weighted by atomic mass is 16.5. The fourth-order valence-electron chi connectivity index (χ4n) is 4.82. The van der Waals surface area contributed by atoms with Crippen LogP contribution < -0.4 is 24.3 Å². The van der Waals surface area contributed by atoms with Crippen LogP contribution in [0.4, 0.5) is 5.82 Å². The number of esters is 1. The Bertz CT molecular complexity index is 1740. The zero-order chi connectivity index (χ0) is 30.3. The van der Waals surface area contributed by atoms with Crippen molar-refractivity contribution in [3.05, 3.63) is 95.7 Å². The van der Waals surface area contributed by atoms with Crippen molar-refractivity contribution in [2.45, 2.75) is 20.1 Å². The van der Waals surface area contributed by atoms with E-state index in [1.54, 1.807) is 24.5 Å². The van der Waals surface area contributed by atoms with E-state index in [-0.39, 0.29) is 5.69 Å². The summed E-state index contributed by atoms with van der Waals surface area (Å²) in [5, 5.41) is 4.89. The molecule has 3 aromatic heterocycles. The zero-order valence-electron chi connectivity index (χ0n) is 24.6. The number of nitrogens with one attached hydrogen (secondary N) is 1. The van der Waals surface area contributed by atoms with E-state index in [4.69, 9.17) is 28.7 Å². The molecule has 0 amide bonds. The number of benzene rings is 2. The maximum absolute atomic E-state index is 13.2. The number of carbonyl (C=O) groups is 1. The minimum atomic E-state index is -0.594. The van der Waals surface area contributed by atoms with Gasteiger partial charge in [0.05, 0.1) is 34.1 Å². The molecule has 10 heteroatoms. The number of rotatable bonds is 11. The molecule has 0 saturated carbocycles. The van der Waals surface area contributed by atoms with Crippen LogP contribution in [0, 0.1) is 6.92 Å². The molecule has 5 rings (SSSR count). The van der Waals surface area contributed by atoms with Gasteiger partial charge in [-0.15, -0.1) is 0 Å². The first-order valence-corrected chi connectivity index (χ1v) is 13.5. The molecule has 0 bridgehead atoms. The van der Waals surface area contributed by atoms with E-state index in [0.29, 0.717) is 53.1 Å². The number of fused-ring (bicyclic) bond motifs is 1. The number of pyridine rings is 3. The SMILES string of the molecule is COC(=O)c1nc(NCc2ccnc(C)c2)c2cc(OCc3ccccn3)ccc2c1-c1cc(OC)c(OC)c(OC)c1. The fourth-order valence-corrected chi connectivity index (χ4v) is 4.82. The monoisotopic (exact) mass is 580 g/mol. The summed E-state index contributed by atoms with van der Waals surface area (Å²) >= 11 is 0. The summed E-state index contributed by atoms with van der Waals surface area (Å²) in [6.45, 7) is 2.68. The Morgan fingerprint density at radius 1 is 0.837 bits per heavy atom. The Balaban J connectivity index is 1.70.